The lowest BCUT2D eigenvalue weighted by molar-refractivity contribution is 0.0609. The lowest BCUT2D eigenvalue weighted by atomic mass is 9.85. The molecule has 1 spiro atoms. The number of nitrogens with zero attached hydrogens (tertiary/aromatic N) is 2. The first kappa shape index (κ1) is 22.3. The van der Waals surface area contributed by atoms with Gasteiger partial charge in [-0.25, -0.2) is 17.8 Å². The number of aromatic nitrogens is 1. The molecule has 2 aliphatic rings. The maximum absolute atomic E-state index is 13.0. The van der Waals surface area contributed by atoms with Gasteiger partial charge < -0.3 is 15.2 Å². The van der Waals surface area contributed by atoms with Crippen LogP contribution in [0.2, 0.25) is 0 Å². The summed E-state index contributed by atoms with van der Waals surface area (Å²) in [5, 5.41) is 0. The van der Waals surface area contributed by atoms with Gasteiger partial charge in [0.05, 0.1) is 25.2 Å². The second-order valence-corrected chi connectivity index (χ2v) is 11.1. The number of fused-ring (bicyclic) bond motifs is 2. The first-order valence-electron chi connectivity index (χ1n) is 10.0. The van der Waals surface area contributed by atoms with Gasteiger partial charge in [-0.05, 0) is 42.7 Å². The highest BCUT2D eigenvalue weighted by Gasteiger charge is 2.52. The van der Waals surface area contributed by atoms with Crippen molar-refractivity contribution in [1.29, 1.82) is 0 Å². The summed E-state index contributed by atoms with van der Waals surface area (Å²) in [5.41, 5.74) is 7.38. The van der Waals surface area contributed by atoms with Crippen molar-refractivity contribution < 1.29 is 27.1 Å². The number of benzene rings is 1. The quantitative estimate of drug-likeness (QED) is 0.677. The molecule has 1 aromatic heterocycles. The summed E-state index contributed by atoms with van der Waals surface area (Å²) < 4.78 is 47.4. The fourth-order valence-corrected chi connectivity index (χ4v) is 5.59. The first-order valence-corrected chi connectivity index (χ1v) is 11.7. The fourth-order valence-electron chi connectivity index (χ4n) is 3.93. The molecule has 2 N–H and O–H groups in total. The zero-order valence-electron chi connectivity index (χ0n) is 17.8. The number of nitrogens with two attached hydrogens (primary N) is 1. The van der Waals surface area contributed by atoms with E-state index in [-0.39, 0.29) is 41.8 Å². The van der Waals surface area contributed by atoms with Crippen molar-refractivity contribution in [2.75, 3.05) is 19.2 Å². The van der Waals surface area contributed by atoms with Crippen LogP contribution in [0.5, 0.6) is 5.75 Å². The molecule has 3 heterocycles. The summed E-state index contributed by atoms with van der Waals surface area (Å²) in [4.78, 5) is 21.4. The summed E-state index contributed by atoms with van der Waals surface area (Å²) in [7, 11) is -3.60. The van der Waals surface area contributed by atoms with E-state index in [1.54, 1.807) is 26.0 Å². The molecule has 170 valence electrons. The predicted molar refractivity (Wildman–Crippen MR) is 116 cm³/mol. The van der Waals surface area contributed by atoms with Crippen LogP contribution in [0.25, 0.3) is 0 Å². The van der Waals surface area contributed by atoms with E-state index in [1.807, 2.05) is 6.07 Å². The third-order valence-corrected chi connectivity index (χ3v) is 8.66. The Labute approximate surface area is 185 Å². The van der Waals surface area contributed by atoms with Crippen molar-refractivity contribution in [3.05, 3.63) is 58.9 Å². The van der Waals surface area contributed by atoms with Crippen LogP contribution in [0.15, 0.2) is 41.5 Å². The van der Waals surface area contributed by atoms with E-state index in [4.69, 9.17) is 15.2 Å². The van der Waals surface area contributed by atoms with Gasteiger partial charge in [-0.2, -0.15) is 0 Å². The molecule has 1 aromatic carbocycles. The van der Waals surface area contributed by atoms with Crippen LogP contribution in [0.4, 0.5) is 4.39 Å². The highest BCUT2D eigenvalue weighted by atomic mass is 32.2. The summed E-state index contributed by atoms with van der Waals surface area (Å²) >= 11 is 0. The molecule has 0 aliphatic carbocycles. The number of carbonyl (C=O) groups is 1. The van der Waals surface area contributed by atoms with Crippen LogP contribution < -0.4 is 10.5 Å². The minimum absolute atomic E-state index is 0.0430. The smallest absolute Gasteiger partial charge is 0.228 e. The van der Waals surface area contributed by atoms with Crippen molar-refractivity contribution in [2.45, 2.75) is 37.2 Å². The third-order valence-electron chi connectivity index (χ3n) is 6.04. The highest BCUT2D eigenvalue weighted by molar-refractivity contribution is 7.93. The number of hydrogen-bond acceptors (Lipinski definition) is 8. The third kappa shape index (κ3) is 3.77. The van der Waals surface area contributed by atoms with Crippen LogP contribution in [0.3, 0.4) is 0 Å². The van der Waals surface area contributed by atoms with E-state index in [2.05, 4.69) is 9.98 Å². The number of pyridine rings is 1. The van der Waals surface area contributed by atoms with E-state index < -0.39 is 27.0 Å². The maximum Gasteiger partial charge on any atom is 0.228 e. The molecule has 0 fully saturated rings. The van der Waals surface area contributed by atoms with Crippen molar-refractivity contribution >= 4 is 21.5 Å². The van der Waals surface area contributed by atoms with E-state index in [0.717, 1.165) is 5.56 Å². The van der Waals surface area contributed by atoms with Gasteiger partial charge in [0.1, 0.15) is 27.6 Å². The number of carbonyl (C=O) groups excluding carboxylic acids is 1. The van der Waals surface area contributed by atoms with Crippen LogP contribution in [0.1, 0.15) is 41.0 Å². The molecular formula is C22H24FN3O5S. The molecule has 0 saturated heterocycles. The molecule has 8 nitrogen and oxygen atoms in total. The SMILES string of the molecule is CC1(C)C(N)=N[C@@]2(COCc3ccc(CC(=O)c4ccc(OCF)cn4)cc32)CS1(=O)=O. The number of Topliss-reactive ketones (excluding diaryl/α,β-unsaturated/α-hetero) is 1. The molecule has 2 aliphatic heterocycles. The van der Waals surface area contributed by atoms with Gasteiger partial charge in [-0.1, -0.05) is 18.2 Å². The summed E-state index contributed by atoms with van der Waals surface area (Å²) in [6.45, 7) is 2.53. The average Bonchev–Trinajstić information content (AvgIpc) is 2.74. The minimum atomic E-state index is -3.60. The van der Waals surface area contributed by atoms with Gasteiger partial charge >= 0.3 is 0 Å². The Bertz CT molecular complexity index is 1190. The van der Waals surface area contributed by atoms with Gasteiger partial charge in [0.25, 0.3) is 0 Å². The number of hydrogen-bond donors (Lipinski definition) is 1. The van der Waals surface area contributed by atoms with Crippen molar-refractivity contribution in [2.24, 2.45) is 10.7 Å². The van der Waals surface area contributed by atoms with E-state index in [0.29, 0.717) is 17.7 Å². The van der Waals surface area contributed by atoms with Crippen molar-refractivity contribution in [3.8, 4) is 5.75 Å². The lowest BCUT2D eigenvalue weighted by Gasteiger charge is -2.42. The molecule has 10 heteroatoms. The highest BCUT2D eigenvalue weighted by Crippen LogP contribution is 2.41. The molecular weight excluding hydrogens is 437 g/mol. The number of rotatable bonds is 5. The Kier molecular flexibility index (Phi) is 5.54. The fraction of sp³-hybridized carbons (Fsp3) is 0.409. The van der Waals surface area contributed by atoms with E-state index in [1.165, 1.54) is 18.3 Å². The number of halogens is 1. The number of ketones is 1. The number of amidine groups is 1. The molecule has 0 radical (unpaired) electrons. The van der Waals surface area contributed by atoms with Crippen LogP contribution in [0, 0.1) is 0 Å². The van der Waals surface area contributed by atoms with Gasteiger partial charge in [-0.15, -0.1) is 0 Å². The number of aliphatic imine (C=N–C) groups is 1. The van der Waals surface area contributed by atoms with E-state index in [9.17, 15) is 17.6 Å². The second-order valence-electron chi connectivity index (χ2n) is 8.51. The standard InChI is InChI=1S/C22H24FN3O5S/c1-21(2)20(24)26-22(12-32(21,28)29)11-30-10-15-4-3-14(7-17(15)22)8-19(27)18-6-5-16(9-25-18)31-13-23/h3-7,9H,8,10-13H2,1-2H3,(H2,24,26)/t22-/m0/s1. The molecule has 0 amide bonds. The molecule has 4 rings (SSSR count). The molecule has 0 saturated carbocycles. The van der Waals surface area contributed by atoms with E-state index >= 15 is 0 Å². The molecule has 32 heavy (non-hydrogen) atoms. The Balaban J connectivity index is 1.67. The van der Waals surface area contributed by atoms with Crippen LogP contribution in [-0.2, 0) is 33.1 Å². The summed E-state index contributed by atoms with van der Waals surface area (Å²) in [5.74, 6) is -0.188. The molecule has 0 bridgehead atoms. The minimum Gasteiger partial charge on any atom is -0.461 e. The second kappa shape index (κ2) is 7.93. The molecule has 0 unspecified atom stereocenters. The Morgan fingerprint density at radius 3 is 2.72 bits per heavy atom. The van der Waals surface area contributed by atoms with Crippen molar-refractivity contribution in [3.63, 3.8) is 0 Å². The monoisotopic (exact) mass is 461 g/mol. The number of alkyl halides is 1. The van der Waals surface area contributed by atoms with Gasteiger partial charge in [0, 0.05) is 6.42 Å². The van der Waals surface area contributed by atoms with Crippen LogP contribution in [-0.4, -0.2) is 49.0 Å². The average molecular weight is 462 g/mol. The Hall–Kier alpha value is -2.85. The zero-order valence-corrected chi connectivity index (χ0v) is 18.6. The molecule has 2 aromatic rings. The summed E-state index contributed by atoms with van der Waals surface area (Å²) in [6, 6.07) is 8.38. The first-order chi connectivity index (χ1) is 15.1. The lowest BCUT2D eigenvalue weighted by Crippen LogP contribution is -2.57. The maximum atomic E-state index is 13.0. The normalized spacial score (nSPS) is 23.3. The molecule has 1 atom stereocenters. The zero-order chi connectivity index (χ0) is 23.1. The largest absolute Gasteiger partial charge is 0.461 e. The number of sulfone groups is 1. The van der Waals surface area contributed by atoms with Crippen LogP contribution >= 0.6 is 0 Å². The Morgan fingerprint density at radius 1 is 1.28 bits per heavy atom. The topological polar surface area (TPSA) is 121 Å². The van der Waals surface area contributed by atoms with Crippen molar-refractivity contribution in [1.82, 2.24) is 4.98 Å². The predicted octanol–water partition coefficient (Wildman–Crippen LogP) is 2.10. The van der Waals surface area contributed by atoms with Gasteiger partial charge in [0.2, 0.25) is 6.86 Å². The van der Waals surface area contributed by atoms with Gasteiger partial charge in [-0.3, -0.25) is 9.79 Å². The Morgan fingerprint density at radius 2 is 2.06 bits per heavy atom. The number of ether oxygens (including phenoxy) is 2. The summed E-state index contributed by atoms with van der Waals surface area (Å²) in [6.07, 6.45) is 1.34. The van der Waals surface area contributed by atoms with Gasteiger partial charge in [0.15, 0.2) is 15.6 Å².